The van der Waals surface area contributed by atoms with Gasteiger partial charge in [0.2, 0.25) is 12.7 Å². The van der Waals surface area contributed by atoms with Crippen molar-refractivity contribution in [2.24, 2.45) is 5.92 Å². The van der Waals surface area contributed by atoms with Crippen molar-refractivity contribution in [1.29, 1.82) is 0 Å². The van der Waals surface area contributed by atoms with Crippen molar-refractivity contribution in [1.82, 2.24) is 9.80 Å². The van der Waals surface area contributed by atoms with Gasteiger partial charge in [-0.3, -0.25) is 9.69 Å². The lowest BCUT2D eigenvalue weighted by atomic mass is 9.75. The zero-order chi connectivity index (χ0) is 19.5. The van der Waals surface area contributed by atoms with Gasteiger partial charge in [-0.05, 0) is 49.5 Å². The van der Waals surface area contributed by atoms with E-state index in [0.29, 0.717) is 24.0 Å². The Balaban J connectivity index is 1.43. The number of piperidine rings is 3. The van der Waals surface area contributed by atoms with E-state index < -0.39 is 19.0 Å². The number of fused-ring (bicyclic) bond motifs is 3. The molecule has 4 saturated heterocycles. The number of hydrogen-bond donors (Lipinski definition) is 0. The number of rotatable bonds is 3. The second-order valence-electron chi connectivity index (χ2n) is 8.24. The van der Waals surface area contributed by atoms with E-state index in [2.05, 4.69) is 4.90 Å². The van der Waals surface area contributed by atoms with Gasteiger partial charge >= 0.3 is 6.18 Å². The average molecular weight is 396 g/mol. The minimum absolute atomic E-state index is 0.0126. The van der Waals surface area contributed by atoms with Crippen molar-refractivity contribution in [2.45, 2.75) is 49.9 Å². The summed E-state index contributed by atoms with van der Waals surface area (Å²) in [6.07, 6.45) is -3.80. The second kappa shape index (κ2) is 6.54. The molecule has 0 unspecified atom stereocenters. The van der Waals surface area contributed by atoms with Crippen LogP contribution in [0.4, 0.5) is 13.2 Å². The van der Waals surface area contributed by atoms with Crippen LogP contribution in [-0.4, -0.2) is 60.4 Å². The fourth-order valence-corrected chi connectivity index (χ4v) is 5.53. The summed E-state index contributed by atoms with van der Waals surface area (Å²) in [4.78, 5) is 16.9. The van der Waals surface area contributed by atoms with E-state index in [4.69, 9.17) is 9.47 Å². The molecule has 6 rings (SSSR count). The third-order valence-corrected chi connectivity index (χ3v) is 6.76. The van der Waals surface area contributed by atoms with E-state index in [-0.39, 0.29) is 30.7 Å². The van der Waals surface area contributed by atoms with Crippen LogP contribution in [0, 0.1) is 5.92 Å². The molecule has 2 bridgehead atoms. The maximum atomic E-state index is 12.8. The van der Waals surface area contributed by atoms with E-state index in [1.54, 1.807) is 4.90 Å². The maximum absolute atomic E-state index is 12.8. The van der Waals surface area contributed by atoms with Gasteiger partial charge in [0.25, 0.3) is 0 Å². The number of carbonyl (C=O) groups is 1. The molecule has 0 radical (unpaired) electrons. The molecule has 0 aromatic heterocycles. The van der Waals surface area contributed by atoms with Gasteiger partial charge in [0.1, 0.15) is 0 Å². The number of halogens is 3. The number of likely N-dealkylation sites (tertiary alicyclic amines) is 1. The normalized spacial score (nSPS) is 33.2. The van der Waals surface area contributed by atoms with E-state index in [0.717, 1.165) is 31.5 Å². The molecular formula is C20H23F3N2O3. The first kappa shape index (κ1) is 18.1. The molecule has 5 aliphatic heterocycles. The number of amides is 1. The van der Waals surface area contributed by atoms with Crippen molar-refractivity contribution < 1.29 is 27.4 Å². The lowest BCUT2D eigenvalue weighted by molar-refractivity contribution is -0.151. The van der Waals surface area contributed by atoms with Crippen LogP contribution in [0.15, 0.2) is 18.2 Å². The Labute approximate surface area is 161 Å². The van der Waals surface area contributed by atoms with Crippen molar-refractivity contribution in [3.05, 3.63) is 23.8 Å². The summed E-state index contributed by atoms with van der Waals surface area (Å²) < 4.78 is 48.8. The molecule has 0 aliphatic carbocycles. The monoisotopic (exact) mass is 396 g/mol. The van der Waals surface area contributed by atoms with E-state index in [9.17, 15) is 18.0 Å². The Morgan fingerprint density at radius 1 is 1.11 bits per heavy atom. The first-order valence-electron chi connectivity index (χ1n) is 9.90. The molecule has 1 aromatic rings. The fraction of sp³-hybridized carbons (Fsp3) is 0.650. The van der Waals surface area contributed by atoms with E-state index >= 15 is 0 Å². The second-order valence-corrected chi connectivity index (χ2v) is 8.24. The number of alkyl halides is 3. The first-order valence-corrected chi connectivity index (χ1v) is 9.90. The molecular weight excluding hydrogens is 373 g/mol. The number of nitrogens with zero attached hydrogens (tertiary/aromatic N) is 2. The highest BCUT2D eigenvalue weighted by atomic mass is 19.4. The highest BCUT2D eigenvalue weighted by molar-refractivity contribution is 5.77. The van der Waals surface area contributed by atoms with Crippen LogP contribution >= 0.6 is 0 Å². The lowest BCUT2D eigenvalue weighted by Gasteiger charge is -2.51. The smallest absolute Gasteiger partial charge is 0.389 e. The summed E-state index contributed by atoms with van der Waals surface area (Å²) in [7, 11) is 0. The van der Waals surface area contributed by atoms with E-state index in [1.807, 2.05) is 18.2 Å². The predicted molar refractivity (Wildman–Crippen MR) is 94.2 cm³/mol. The van der Waals surface area contributed by atoms with E-state index in [1.165, 1.54) is 0 Å². The minimum Gasteiger partial charge on any atom is -0.454 e. The molecule has 8 heteroatoms. The zero-order valence-electron chi connectivity index (χ0n) is 15.5. The highest BCUT2D eigenvalue weighted by Gasteiger charge is 2.54. The summed E-state index contributed by atoms with van der Waals surface area (Å²) in [6, 6.07) is 6.04. The van der Waals surface area contributed by atoms with Crippen LogP contribution in [0.2, 0.25) is 0 Å². The quantitative estimate of drug-likeness (QED) is 0.787. The number of ether oxygens (including phenoxy) is 2. The Kier molecular flexibility index (Phi) is 4.23. The predicted octanol–water partition coefficient (Wildman–Crippen LogP) is 3.15. The summed E-state index contributed by atoms with van der Waals surface area (Å²) >= 11 is 0. The van der Waals surface area contributed by atoms with Gasteiger partial charge in [-0.2, -0.15) is 13.2 Å². The summed E-state index contributed by atoms with van der Waals surface area (Å²) in [6.45, 7) is 2.67. The SMILES string of the molecule is O=C(CCC(F)(F)F)N1C[C@@H](c2ccc3c(c2)OCO3)[C@@H]2[C@H]1C1CCN2CC1. The molecule has 5 nitrogen and oxygen atoms in total. The number of benzene rings is 1. The molecule has 5 aliphatic rings. The topological polar surface area (TPSA) is 42.0 Å². The molecule has 4 fully saturated rings. The Bertz CT molecular complexity index is 776. The molecule has 5 heterocycles. The number of hydrogen-bond acceptors (Lipinski definition) is 4. The van der Waals surface area contributed by atoms with Crippen molar-refractivity contribution in [2.75, 3.05) is 26.4 Å². The first-order chi connectivity index (χ1) is 13.4. The van der Waals surface area contributed by atoms with Gasteiger partial charge < -0.3 is 14.4 Å². The molecule has 152 valence electrons. The molecule has 0 saturated carbocycles. The zero-order valence-corrected chi connectivity index (χ0v) is 15.5. The van der Waals surface area contributed by atoms with Gasteiger partial charge in [0, 0.05) is 24.9 Å². The standard InChI is InChI=1S/C20H23F3N2O3/c21-20(22,23)6-3-17(26)25-10-14(13-1-2-15-16(9-13)28-11-27-15)19-18(25)12-4-7-24(19)8-5-12/h1-2,9,12,14,18-19H,3-8,10-11H2/t14-,18+,19+/m0/s1. The third kappa shape index (κ3) is 3.02. The Morgan fingerprint density at radius 2 is 1.86 bits per heavy atom. The average Bonchev–Trinajstić information content (AvgIpc) is 3.31. The molecule has 0 N–H and O–H groups in total. The molecule has 1 aromatic carbocycles. The van der Waals surface area contributed by atoms with Gasteiger partial charge in [-0.1, -0.05) is 6.07 Å². The highest BCUT2D eigenvalue weighted by Crippen LogP contribution is 2.48. The van der Waals surface area contributed by atoms with Crippen LogP contribution in [0.3, 0.4) is 0 Å². The van der Waals surface area contributed by atoms with Crippen molar-refractivity contribution in [3.63, 3.8) is 0 Å². The molecule has 0 spiro atoms. The fourth-order valence-electron chi connectivity index (χ4n) is 5.53. The summed E-state index contributed by atoms with van der Waals surface area (Å²) in [5.41, 5.74) is 1.07. The Morgan fingerprint density at radius 3 is 2.61 bits per heavy atom. The largest absolute Gasteiger partial charge is 0.454 e. The Hall–Kier alpha value is -1.96. The van der Waals surface area contributed by atoms with Crippen LogP contribution in [0.5, 0.6) is 11.5 Å². The molecule has 3 atom stereocenters. The van der Waals surface area contributed by atoms with Gasteiger partial charge in [0.15, 0.2) is 11.5 Å². The van der Waals surface area contributed by atoms with Gasteiger partial charge in [0.05, 0.1) is 12.5 Å². The van der Waals surface area contributed by atoms with Gasteiger partial charge in [-0.25, -0.2) is 0 Å². The van der Waals surface area contributed by atoms with Gasteiger partial charge in [-0.15, -0.1) is 0 Å². The van der Waals surface area contributed by atoms with Crippen LogP contribution < -0.4 is 9.47 Å². The van der Waals surface area contributed by atoms with Crippen molar-refractivity contribution >= 4 is 5.91 Å². The van der Waals surface area contributed by atoms with Crippen molar-refractivity contribution in [3.8, 4) is 11.5 Å². The summed E-state index contributed by atoms with van der Waals surface area (Å²) in [5, 5.41) is 0. The lowest BCUT2D eigenvalue weighted by Crippen LogP contribution is -2.60. The van der Waals surface area contributed by atoms with Crippen LogP contribution in [0.1, 0.15) is 37.2 Å². The minimum atomic E-state index is -4.30. The molecule has 28 heavy (non-hydrogen) atoms. The third-order valence-electron chi connectivity index (χ3n) is 6.76. The van der Waals surface area contributed by atoms with Crippen LogP contribution in [0.25, 0.3) is 0 Å². The summed E-state index contributed by atoms with van der Waals surface area (Å²) in [5.74, 6) is 1.50. The molecule has 1 amide bonds. The van der Waals surface area contributed by atoms with Crippen LogP contribution in [-0.2, 0) is 4.79 Å². The maximum Gasteiger partial charge on any atom is 0.389 e. The number of carbonyl (C=O) groups excluding carboxylic acids is 1.